The summed E-state index contributed by atoms with van der Waals surface area (Å²) in [5.41, 5.74) is 1.45. The van der Waals surface area contributed by atoms with E-state index in [1.165, 1.54) is 37.7 Å². The minimum atomic E-state index is 0.281. The summed E-state index contributed by atoms with van der Waals surface area (Å²) in [5, 5.41) is 0. The number of hydrogen-bond donors (Lipinski definition) is 0. The summed E-state index contributed by atoms with van der Waals surface area (Å²) in [6.07, 6.45) is 17.8. The van der Waals surface area contributed by atoms with E-state index in [4.69, 9.17) is 14.2 Å². The summed E-state index contributed by atoms with van der Waals surface area (Å²) < 4.78 is 18.4. The molecule has 5 atom stereocenters. The van der Waals surface area contributed by atoms with E-state index in [-0.39, 0.29) is 18.3 Å². The second-order valence-corrected chi connectivity index (χ2v) is 8.29. The van der Waals surface area contributed by atoms with Crippen molar-refractivity contribution < 1.29 is 14.2 Å². The third kappa shape index (κ3) is 5.43. The Bertz CT molecular complexity index is 579. The van der Waals surface area contributed by atoms with E-state index in [9.17, 15) is 0 Å². The van der Waals surface area contributed by atoms with Gasteiger partial charge in [0.15, 0.2) is 0 Å². The van der Waals surface area contributed by atoms with E-state index in [1.807, 2.05) is 0 Å². The molecule has 0 bridgehead atoms. The number of hydrogen-bond acceptors (Lipinski definition) is 3. The van der Waals surface area contributed by atoms with Crippen LogP contribution in [0.25, 0.3) is 0 Å². The highest BCUT2D eigenvalue weighted by Gasteiger charge is 2.40. The fourth-order valence-corrected chi connectivity index (χ4v) is 4.72. The van der Waals surface area contributed by atoms with Crippen LogP contribution >= 0.6 is 0 Å². The molecule has 3 fully saturated rings. The smallest absolute Gasteiger partial charge is 0.0846 e. The van der Waals surface area contributed by atoms with Crippen LogP contribution in [-0.4, -0.2) is 37.1 Å². The van der Waals surface area contributed by atoms with Crippen molar-refractivity contribution in [1.82, 2.24) is 0 Å². The summed E-state index contributed by atoms with van der Waals surface area (Å²) in [6.45, 7) is 0.910. The van der Waals surface area contributed by atoms with Crippen molar-refractivity contribution in [2.45, 2.75) is 94.7 Å². The van der Waals surface area contributed by atoms with Gasteiger partial charge in [-0.3, -0.25) is 0 Å². The van der Waals surface area contributed by atoms with Crippen molar-refractivity contribution in [1.29, 1.82) is 0 Å². The molecular weight excluding hydrogens is 336 g/mol. The molecule has 3 saturated heterocycles. The van der Waals surface area contributed by atoms with Crippen LogP contribution in [0, 0.1) is 0 Å². The number of unbranched alkanes of at least 4 members (excludes halogenated alkanes) is 2. The van der Waals surface area contributed by atoms with Crippen LogP contribution in [0.15, 0.2) is 42.5 Å². The predicted octanol–water partition coefficient (Wildman–Crippen LogP) is 5.23. The van der Waals surface area contributed by atoms with Crippen molar-refractivity contribution in [3.8, 4) is 0 Å². The van der Waals surface area contributed by atoms with Gasteiger partial charge in [0.25, 0.3) is 0 Å². The SMILES string of the molecule is C(=C\[C@H]1CC[C@H]([C@@H]2CC[C@H]([C@@H]3CCCO3)O2)O1)/CCCCc1ccccc1. The van der Waals surface area contributed by atoms with Crippen molar-refractivity contribution in [3.05, 3.63) is 48.0 Å². The maximum atomic E-state index is 6.30. The number of ether oxygens (including phenoxy) is 3. The number of rotatable bonds is 8. The summed E-state index contributed by atoms with van der Waals surface area (Å²) in [6, 6.07) is 10.8. The molecule has 0 saturated carbocycles. The molecule has 1 aromatic carbocycles. The van der Waals surface area contributed by atoms with Crippen LogP contribution in [0.4, 0.5) is 0 Å². The lowest BCUT2D eigenvalue weighted by molar-refractivity contribution is -0.0906. The number of benzene rings is 1. The lowest BCUT2D eigenvalue weighted by Crippen LogP contribution is -2.30. The lowest BCUT2D eigenvalue weighted by atomic mass is 10.0. The maximum absolute atomic E-state index is 6.30. The molecule has 148 valence electrons. The monoisotopic (exact) mass is 370 g/mol. The fourth-order valence-electron chi connectivity index (χ4n) is 4.72. The van der Waals surface area contributed by atoms with Crippen LogP contribution < -0.4 is 0 Å². The molecule has 0 spiro atoms. The first-order valence-electron chi connectivity index (χ1n) is 11.0. The Hall–Kier alpha value is -1.16. The second kappa shape index (κ2) is 9.86. The Morgan fingerprint density at radius 3 is 2.41 bits per heavy atom. The Labute approximate surface area is 164 Å². The van der Waals surface area contributed by atoms with Crippen molar-refractivity contribution in [2.75, 3.05) is 6.61 Å². The molecule has 0 radical (unpaired) electrons. The van der Waals surface area contributed by atoms with E-state index < -0.39 is 0 Å². The summed E-state index contributed by atoms with van der Waals surface area (Å²) in [4.78, 5) is 0. The van der Waals surface area contributed by atoms with Gasteiger partial charge in [-0.1, -0.05) is 42.5 Å². The molecule has 0 aliphatic carbocycles. The van der Waals surface area contributed by atoms with Crippen LogP contribution in [0.5, 0.6) is 0 Å². The average molecular weight is 371 g/mol. The van der Waals surface area contributed by atoms with Crippen LogP contribution in [0.1, 0.15) is 63.4 Å². The standard InChI is InChI=1S/C24H34O3/c1(4-9-19-10-5-3-6-11-19)2-7-12-20-14-15-23(26-20)24-17-16-22(27-24)21-13-8-18-25-21/h3,5-7,10-12,20-24H,1-2,4,8-9,13-18H2/b12-7+/t20-,21-,22+,23+,24-/m0/s1. The fraction of sp³-hybridized carbons (Fsp3) is 0.667. The van der Waals surface area contributed by atoms with Crippen molar-refractivity contribution in [2.24, 2.45) is 0 Å². The van der Waals surface area contributed by atoms with Crippen LogP contribution in [0.3, 0.4) is 0 Å². The number of allylic oxidation sites excluding steroid dienone is 1. The minimum Gasteiger partial charge on any atom is -0.376 e. The normalized spacial score (nSPS) is 34.0. The zero-order chi connectivity index (χ0) is 18.3. The van der Waals surface area contributed by atoms with E-state index in [0.29, 0.717) is 12.2 Å². The van der Waals surface area contributed by atoms with Gasteiger partial charge in [0.1, 0.15) is 0 Å². The Morgan fingerprint density at radius 1 is 0.815 bits per heavy atom. The van der Waals surface area contributed by atoms with Gasteiger partial charge in [-0.05, 0) is 69.8 Å². The molecule has 4 rings (SSSR count). The highest BCUT2D eigenvalue weighted by molar-refractivity contribution is 5.14. The summed E-state index contributed by atoms with van der Waals surface area (Å²) in [5.74, 6) is 0. The maximum Gasteiger partial charge on any atom is 0.0846 e. The molecular formula is C24H34O3. The first kappa shape index (κ1) is 19.2. The molecule has 27 heavy (non-hydrogen) atoms. The molecule has 0 unspecified atom stereocenters. The first-order valence-corrected chi connectivity index (χ1v) is 11.0. The summed E-state index contributed by atoms with van der Waals surface area (Å²) in [7, 11) is 0. The molecule has 3 nitrogen and oxygen atoms in total. The highest BCUT2D eigenvalue weighted by Crippen LogP contribution is 2.35. The van der Waals surface area contributed by atoms with Crippen molar-refractivity contribution >= 4 is 0 Å². The largest absolute Gasteiger partial charge is 0.376 e. The Balaban J connectivity index is 1.11. The van der Waals surface area contributed by atoms with Gasteiger partial charge in [0.2, 0.25) is 0 Å². The van der Waals surface area contributed by atoms with E-state index in [0.717, 1.165) is 38.7 Å². The molecule has 0 aromatic heterocycles. The third-order valence-electron chi connectivity index (χ3n) is 6.24. The van der Waals surface area contributed by atoms with Crippen molar-refractivity contribution in [3.63, 3.8) is 0 Å². The second-order valence-electron chi connectivity index (χ2n) is 8.29. The quantitative estimate of drug-likeness (QED) is 0.463. The van der Waals surface area contributed by atoms with Crippen LogP contribution in [-0.2, 0) is 20.6 Å². The predicted molar refractivity (Wildman–Crippen MR) is 108 cm³/mol. The van der Waals surface area contributed by atoms with Gasteiger partial charge in [0.05, 0.1) is 30.5 Å². The molecule has 3 heterocycles. The first-order chi connectivity index (χ1) is 13.4. The lowest BCUT2D eigenvalue weighted by Gasteiger charge is -2.22. The average Bonchev–Trinajstić information content (AvgIpc) is 3.46. The van der Waals surface area contributed by atoms with E-state index in [1.54, 1.807) is 0 Å². The molecule has 3 aliphatic rings. The Morgan fingerprint density at radius 2 is 1.59 bits per heavy atom. The molecule has 3 heteroatoms. The molecule has 0 amide bonds. The van der Waals surface area contributed by atoms with Gasteiger partial charge in [-0.25, -0.2) is 0 Å². The van der Waals surface area contributed by atoms with Gasteiger partial charge in [-0.2, -0.15) is 0 Å². The van der Waals surface area contributed by atoms with Gasteiger partial charge >= 0.3 is 0 Å². The molecule has 3 aliphatic heterocycles. The van der Waals surface area contributed by atoms with E-state index in [2.05, 4.69) is 42.5 Å². The Kier molecular flexibility index (Phi) is 7.00. The van der Waals surface area contributed by atoms with Gasteiger partial charge in [-0.15, -0.1) is 0 Å². The zero-order valence-corrected chi connectivity index (χ0v) is 16.4. The summed E-state index contributed by atoms with van der Waals surface area (Å²) >= 11 is 0. The molecule has 1 aromatic rings. The zero-order valence-electron chi connectivity index (χ0n) is 16.4. The van der Waals surface area contributed by atoms with Gasteiger partial charge < -0.3 is 14.2 Å². The molecule has 0 N–H and O–H groups in total. The van der Waals surface area contributed by atoms with Crippen LogP contribution in [0.2, 0.25) is 0 Å². The van der Waals surface area contributed by atoms with Gasteiger partial charge in [0, 0.05) is 6.61 Å². The third-order valence-corrected chi connectivity index (χ3v) is 6.24. The topological polar surface area (TPSA) is 27.7 Å². The highest BCUT2D eigenvalue weighted by atomic mass is 16.6. The van der Waals surface area contributed by atoms with E-state index >= 15 is 0 Å². The number of aryl methyl sites for hydroxylation is 1. The minimum absolute atomic E-state index is 0.281.